The van der Waals surface area contributed by atoms with Crippen LogP contribution in [0.25, 0.3) is 0 Å². The van der Waals surface area contributed by atoms with E-state index >= 15 is 0 Å². The molecule has 1 aliphatic carbocycles. The van der Waals surface area contributed by atoms with Gasteiger partial charge >= 0.3 is 5.97 Å². The molecule has 2 amide bonds. The summed E-state index contributed by atoms with van der Waals surface area (Å²) in [6, 6.07) is 0. The molecule has 0 atom stereocenters. The molecule has 1 fully saturated rings. The Morgan fingerprint density at radius 3 is 2.30 bits per heavy atom. The molecule has 0 saturated heterocycles. The van der Waals surface area contributed by atoms with Crippen molar-refractivity contribution in [3.63, 3.8) is 0 Å². The lowest BCUT2D eigenvalue weighted by Gasteiger charge is -2.29. The average molecular weight is 284 g/mol. The zero-order chi connectivity index (χ0) is 15.2. The van der Waals surface area contributed by atoms with E-state index in [0.29, 0.717) is 6.54 Å². The van der Waals surface area contributed by atoms with E-state index in [0.717, 1.165) is 25.7 Å². The van der Waals surface area contributed by atoms with Gasteiger partial charge in [-0.2, -0.15) is 0 Å². The Balaban J connectivity index is 2.53. The molecule has 1 saturated carbocycles. The van der Waals surface area contributed by atoms with Crippen molar-refractivity contribution in [2.24, 2.45) is 5.41 Å². The van der Waals surface area contributed by atoms with E-state index in [1.165, 1.54) is 4.90 Å². The highest BCUT2D eigenvalue weighted by atomic mass is 16.4. The van der Waals surface area contributed by atoms with Gasteiger partial charge in [0.05, 0.1) is 6.42 Å². The van der Waals surface area contributed by atoms with Crippen LogP contribution in [0, 0.1) is 5.41 Å². The zero-order valence-electron chi connectivity index (χ0n) is 12.3. The highest BCUT2D eigenvalue weighted by Gasteiger charge is 2.38. The fourth-order valence-electron chi connectivity index (χ4n) is 2.84. The first-order valence-corrected chi connectivity index (χ1v) is 7.05. The van der Waals surface area contributed by atoms with Gasteiger partial charge in [0.1, 0.15) is 0 Å². The second kappa shape index (κ2) is 7.26. The van der Waals surface area contributed by atoms with Crippen LogP contribution >= 0.6 is 0 Å². The number of hydrogen-bond donors (Lipinski definition) is 2. The quantitative estimate of drug-likeness (QED) is 0.730. The molecule has 0 bridgehead atoms. The van der Waals surface area contributed by atoms with Crippen molar-refractivity contribution < 1.29 is 19.5 Å². The van der Waals surface area contributed by atoms with Gasteiger partial charge in [0.2, 0.25) is 11.8 Å². The molecule has 20 heavy (non-hydrogen) atoms. The maximum absolute atomic E-state index is 12.2. The summed E-state index contributed by atoms with van der Waals surface area (Å²) in [5.74, 6) is -1.02. The third-order valence-electron chi connectivity index (χ3n) is 4.10. The molecular formula is C14H24N2O4. The molecule has 114 valence electrons. The van der Waals surface area contributed by atoms with Crippen LogP contribution < -0.4 is 5.32 Å². The molecule has 0 unspecified atom stereocenters. The lowest BCUT2D eigenvalue weighted by atomic mass is 9.79. The molecule has 0 aromatic carbocycles. The molecule has 1 rings (SSSR count). The van der Waals surface area contributed by atoms with Gasteiger partial charge in [-0.05, 0) is 18.3 Å². The Kier molecular flexibility index (Phi) is 5.98. The molecule has 0 heterocycles. The average Bonchev–Trinajstić information content (AvgIpc) is 2.82. The van der Waals surface area contributed by atoms with Crippen LogP contribution in [0.15, 0.2) is 0 Å². The van der Waals surface area contributed by atoms with Crippen LogP contribution in [-0.2, 0) is 14.4 Å². The number of aliphatic carboxylic acids is 1. The van der Waals surface area contributed by atoms with Crippen LogP contribution in [-0.4, -0.2) is 48.4 Å². The molecule has 2 N–H and O–H groups in total. The number of carbonyl (C=O) groups is 3. The van der Waals surface area contributed by atoms with Gasteiger partial charge in [0.15, 0.2) is 0 Å². The number of hydrogen-bond acceptors (Lipinski definition) is 3. The van der Waals surface area contributed by atoms with Gasteiger partial charge in [-0.15, -0.1) is 0 Å². The van der Waals surface area contributed by atoms with Crippen molar-refractivity contribution in [1.82, 2.24) is 10.2 Å². The first-order valence-electron chi connectivity index (χ1n) is 7.05. The van der Waals surface area contributed by atoms with Crippen molar-refractivity contribution in [1.29, 1.82) is 0 Å². The number of carbonyl (C=O) groups excluding carboxylic acids is 2. The second-order valence-electron chi connectivity index (χ2n) is 5.69. The molecule has 0 spiro atoms. The molecule has 0 aliphatic heterocycles. The summed E-state index contributed by atoms with van der Waals surface area (Å²) in [7, 11) is 3.22. The first kappa shape index (κ1) is 16.5. The Bertz CT molecular complexity index is 375. The van der Waals surface area contributed by atoms with E-state index in [1.807, 2.05) is 0 Å². The van der Waals surface area contributed by atoms with E-state index in [1.54, 1.807) is 14.1 Å². The third-order valence-corrected chi connectivity index (χ3v) is 4.10. The molecule has 1 aliphatic rings. The van der Waals surface area contributed by atoms with Gasteiger partial charge < -0.3 is 15.3 Å². The molecule has 0 radical (unpaired) electrons. The van der Waals surface area contributed by atoms with Crippen LogP contribution in [0.2, 0.25) is 0 Å². The minimum Gasteiger partial charge on any atom is -0.481 e. The summed E-state index contributed by atoms with van der Waals surface area (Å²) in [6.45, 7) is 0.363. The minimum absolute atomic E-state index is 0.0576. The second-order valence-corrected chi connectivity index (χ2v) is 5.69. The summed E-state index contributed by atoms with van der Waals surface area (Å²) in [5.41, 5.74) is -0.385. The number of carboxylic acids is 1. The van der Waals surface area contributed by atoms with Crippen LogP contribution in [0.4, 0.5) is 0 Å². The molecule has 6 heteroatoms. The van der Waals surface area contributed by atoms with Crippen molar-refractivity contribution in [2.45, 2.75) is 44.9 Å². The molecule has 6 nitrogen and oxygen atoms in total. The van der Waals surface area contributed by atoms with E-state index < -0.39 is 5.97 Å². The largest absolute Gasteiger partial charge is 0.481 e. The van der Waals surface area contributed by atoms with E-state index in [4.69, 9.17) is 5.11 Å². The van der Waals surface area contributed by atoms with Crippen molar-refractivity contribution in [3.05, 3.63) is 0 Å². The smallest absolute Gasteiger partial charge is 0.303 e. The topological polar surface area (TPSA) is 86.7 Å². The molecule has 0 aromatic rings. The summed E-state index contributed by atoms with van der Waals surface area (Å²) >= 11 is 0. The number of rotatable bonds is 7. The van der Waals surface area contributed by atoms with Gasteiger partial charge in [-0.1, -0.05) is 12.8 Å². The summed E-state index contributed by atoms with van der Waals surface area (Å²) in [6.07, 6.45) is 4.17. The van der Waals surface area contributed by atoms with Crippen LogP contribution in [0.1, 0.15) is 44.9 Å². The lowest BCUT2D eigenvalue weighted by molar-refractivity contribution is -0.141. The maximum Gasteiger partial charge on any atom is 0.303 e. The van der Waals surface area contributed by atoms with Gasteiger partial charge in [-0.25, -0.2) is 0 Å². The summed E-state index contributed by atoms with van der Waals surface area (Å²) in [5, 5.41) is 11.5. The van der Waals surface area contributed by atoms with Gasteiger partial charge in [-0.3, -0.25) is 14.4 Å². The van der Waals surface area contributed by atoms with E-state index in [9.17, 15) is 14.4 Å². The van der Waals surface area contributed by atoms with Crippen molar-refractivity contribution >= 4 is 17.8 Å². The first-order chi connectivity index (χ1) is 9.38. The van der Waals surface area contributed by atoms with Crippen molar-refractivity contribution in [2.75, 3.05) is 20.6 Å². The highest BCUT2D eigenvalue weighted by molar-refractivity contribution is 5.80. The summed E-state index contributed by atoms with van der Waals surface area (Å²) < 4.78 is 0. The Labute approximate surface area is 119 Å². The van der Waals surface area contributed by atoms with Gasteiger partial charge in [0.25, 0.3) is 0 Å². The predicted octanol–water partition coefficient (Wildman–Crippen LogP) is 1.01. The summed E-state index contributed by atoms with van der Waals surface area (Å²) in [4.78, 5) is 35.9. The Morgan fingerprint density at radius 2 is 1.80 bits per heavy atom. The monoisotopic (exact) mass is 284 g/mol. The normalized spacial score (nSPS) is 16.7. The predicted molar refractivity (Wildman–Crippen MR) is 74.1 cm³/mol. The van der Waals surface area contributed by atoms with Crippen LogP contribution in [0.3, 0.4) is 0 Å². The Morgan fingerprint density at radius 1 is 1.20 bits per heavy atom. The maximum atomic E-state index is 12.2. The highest BCUT2D eigenvalue weighted by Crippen LogP contribution is 2.44. The fraction of sp³-hybridized carbons (Fsp3) is 0.786. The van der Waals surface area contributed by atoms with Crippen LogP contribution in [0.5, 0.6) is 0 Å². The molecule has 0 aromatic heterocycles. The number of nitrogens with one attached hydrogen (secondary N) is 1. The Hall–Kier alpha value is -1.59. The number of nitrogens with zero attached hydrogens (tertiary/aromatic N) is 1. The standard InChI is InChI=1S/C14H24N2O4/c1-15-11(17)5-8-16(2)12(18)9-14(10-13(19)20)6-3-4-7-14/h3-10H2,1-2H3,(H,15,17)(H,19,20). The molecular weight excluding hydrogens is 260 g/mol. The zero-order valence-corrected chi connectivity index (χ0v) is 12.3. The van der Waals surface area contributed by atoms with E-state index in [2.05, 4.69) is 5.32 Å². The fourth-order valence-corrected chi connectivity index (χ4v) is 2.84. The third kappa shape index (κ3) is 4.83. The number of amides is 2. The number of carboxylic acid groups (broad SMARTS) is 1. The van der Waals surface area contributed by atoms with Crippen molar-refractivity contribution in [3.8, 4) is 0 Å². The SMILES string of the molecule is CNC(=O)CCN(C)C(=O)CC1(CC(=O)O)CCCC1. The van der Waals surface area contributed by atoms with Gasteiger partial charge in [0, 0.05) is 33.5 Å². The lowest BCUT2D eigenvalue weighted by Crippen LogP contribution is -2.35. The van der Waals surface area contributed by atoms with E-state index in [-0.39, 0.29) is 36.5 Å². The minimum atomic E-state index is -0.840.